The van der Waals surface area contributed by atoms with E-state index >= 15 is 0 Å². The van der Waals surface area contributed by atoms with Crippen LogP contribution in [0.25, 0.3) is 11.1 Å². The van der Waals surface area contributed by atoms with Gasteiger partial charge < -0.3 is 9.47 Å². The maximum absolute atomic E-state index is 12.9. The molecule has 0 saturated carbocycles. The highest BCUT2D eigenvalue weighted by atomic mass is 35.5. The Morgan fingerprint density at radius 1 is 1.21 bits per heavy atom. The van der Waals surface area contributed by atoms with Crippen LogP contribution in [0.1, 0.15) is 29.9 Å². The van der Waals surface area contributed by atoms with Crippen molar-refractivity contribution in [2.75, 3.05) is 19.0 Å². The Labute approximate surface area is 177 Å². The number of hydrogen-bond acceptors (Lipinski definition) is 8. The Morgan fingerprint density at radius 3 is 2.72 bits per heavy atom. The SMILES string of the molecule is COc1cnc(Cl)cc1-c1cc(C)ncc1C(=O)Nc1nnc(OCC(C)C)s1. The van der Waals surface area contributed by atoms with Gasteiger partial charge in [-0.2, -0.15) is 0 Å². The highest BCUT2D eigenvalue weighted by Crippen LogP contribution is 2.34. The molecule has 0 bridgehead atoms. The standard InChI is InChI=1S/C19H20ClN5O3S/c1-10(2)9-28-19-25-24-18(29-19)23-17(26)14-7-21-11(3)5-12(14)13-6-16(20)22-8-15(13)27-4/h5-8,10H,9H2,1-4H3,(H,23,24,26). The molecule has 3 heterocycles. The van der Waals surface area contributed by atoms with Crippen molar-refractivity contribution in [3.63, 3.8) is 0 Å². The van der Waals surface area contributed by atoms with E-state index in [0.29, 0.717) is 45.3 Å². The zero-order valence-electron chi connectivity index (χ0n) is 16.4. The van der Waals surface area contributed by atoms with Crippen LogP contribution in [-0.4, -0.2) is 39.8 Å². The third-order valence-electron chi connectivity index (χ3n) is 3.80. The van der Waals surface area contributed by atoms with Crippen molar-refractivity contribution >= 4 is 34.0 Å². The first kappa shape index (κ1) is 20.9. The Hall–Kier alpha value is -2.78. The van der Waals surface area contributed by atoms with E-state index in [4.69, 9.17) is 21.1 Å². The molecule has 1 N–H and O–H groups in total. The summed E-state index contributed by atoms with van der Waals surface area (Å²) >= 11 is 7.23. The fraction of sp³-hybridized carbons (Fsp3) is 0.316. The average Bonchev–Trinajstić information content (AvgIpc) is 3.13. The topological polar surface area (TPSA) is 99.1 Å². The van der Waals surface area contributed by atoms with E-state index in [1.165, 1.54) is 19.5 Å². The van der Waals surface area contributed by atoms with Crippen molar-refractivity contribution in [1.82, 2.24) is 20.2 Å². The van der Waals surface area contributed by atoms with Gasteiger partial charge in [0.1, 0.15) is 10.9 Å². The number of halogens is 1. The number of aryl methyl sites for hydroxylation is 1. The molecule has 29 heavy (non-hydrogen) atoms. The molecule has 0 radical (unpaired) electrons. The summed E-state index contributed by atoms with van der Waals surface area (Å²) < 4.78 is 10.9. The second-order valence-electron chi connectivity index (χ2n) is 6.61. The van der Waals surface area contributed by atoms with Crippen LogP contribution in [0.15, 0.2) is 24.5 Å². The van der Waals surface area contributed by atoms with Gasteiger partial charge in [-0.25, -0.2) is 4.98 Å². The maximum Gasteiger partial charge on any atom is 0.295 e. The predicted molar refractivity (Wildman–Crippen MR) is 112 cm³/mol. The fourth-order valence-corrected chi connectivity index (χ4v) is 3.23. The molecule has 8 nitrogen and oxygen atoms in total. The molecule has 3 rings (SSSR count). The van der Waals surface area contributed by atoms with E-state index in [-0.39, 0.29) is 11.1 Å². The number of ether oxygens (including phenoxy) is 2. The summed E-state index contributed by atoms with van der Waals surface area (Å²) in [4.78, 5) is 21.2. The van der Waals surface area contributed by atoms with Crippen LogP contribution < -0.4 is 14.8 Å². The van der Waals surface area contributed by atoms with Gasteiger partial charge in [-0.1, -0.05) is 30.5 Å². The molecule has 0 atom stereocenters. The Morgan fingerprint density at radius 2 is 2.00 bits per heavy atom. The summed E-state index contributed by atoms with van der Waals surface area (Å²) in [5.41, 5.74) is 2.35. The minimum atomic E-state index is -0.381. The minimum Gasteiger partial charge on any atom is -0.494 e. The number of hydrogen-bond donors (Lipinski definition) is 1. The normalized spacial score (nSPS) is 10.8. The number of aromatic nitrogens is 4. The molecule has 3 aromatic rings. The monoisotopic (exact) mass is 433 g/mol. The third-order valence-corrected chi connectivity index (χ3v) is 4.75. The van der Waals surface area contributed by atoms with Crippen LogP contribution in [0.4, 0.5) is 5.13 Å². The first-order valence-corrected chi connectivity index (χ1v) is 10.0. The molecule has 0 spiro atoms. The van der Waals surface area contributed by atoms with Gasteiger partial charge in [0.05, 0.1) is 25.5 Å². The number of rotatable bonds is 7. The number of carbonyl (C=O) groups excluding carboxylic acids is 1. The van der Waals surface area contributed by atoms with E-state index in [1.807, 2.05) is 20.8 Å². The summed E-state index contributed by atoms with van der Waals surface area (Å²) in [6, 6.07) is 3.44. The zero-order valence-corrected chi connectivity index (χ0v) is 18.0. The molecule has 0 aromatic carbocycles. The van der Waals surface area contributed by atoms with Crippen molar-refractivity contribution in [2.24, 2.45) is 5.92 Å². The zero-order chi connectivity index (χ0) is 21.0. The van der Waals surface area contributed by atoms with Gasteiger partial charge in [-0.15, -0.1) is 5.10 Å². The van der Waals surface area contributed by atoms with E-state index in [0.717, 1.165) is 17.0 Å². The van der Waals surface area contributed by atoms with Gasteiger partial charge in [0.2, 0.25) is 5.13 Å². The maximum atomic E-state index is 12.9. The highest BCUT2D eigenvalue weighted by Gasteiger charge is 2.19. The molecular weight excluding hydrogens is 414 g/mol. The molecule has 3 aromatic heterocycles. The van der Waals surface area contributed by atoms with Crippen molar-refractivity contribution in [3.8, 4) is 22.1 Å². The van der Waals surface area contributed by atoms with Gasteiger partial charge in [-0.05, 0) is 36.3 Å². The Kier molecular flexibility index (Phi) is 6.60. The molecule has 152 valence electrons. The molecule has 0 unspecified atom stereocenters. The third kappa shape index (κ3) is 5.18. The van der Waals surface area contributed by atoms with Crippen LogP contribution >= 0.6 is 22.9 Å². The summed E-state index contributed by atoms with van der Waals surface area (Å²) in [6.07, 6.45) is 3.02. The highest BCUT2D eigenvalue weighted by molar-refractivity contribution is 7.17. The second-order valence-corrected chi connectivity index (χ2v) is 7.94. The van der Waals surface area contributed by atoms with Gasteiger partial charge >= 0.3 is 0 Å². The fourth-order valence-electron chi connectivity index (χ4n) is 2.48. The van der Waals surface area contributed by atoms with Crippen LogP contribution in [0, 0.1) is 12.8 Å². The lowest BCUT2D eigenvalue weighted by Crippen LogP contribution is -2.14. The summed E-state index contributed by atoms with van der Waals surface area (Å²) in [5.74, 6) is 0.476. The van der Waals surface area contributed by atoms with E-state index in [2.05, 4.69) is 25.5 Å². The number of nitrogens with zero attached hydrogens (tertiary/aromatic N) is 4. The molecule has 0 aliphatic heterocycles. The first-order chi connectivity index (χ1) is 13.9. The van der Waals surface area contributed by atoms with Crippen LogP contribution in [0.5, 0.6) is 10.9 Å². The van der Waals surface area contributed by atoms with Gasteiger partial charge in [0, 0.05) is 23.0 Å². The molecule has 0 fully saturated rings. The van der Waals surface area contributed by atoms with Crippen LogP contribution in [0.3, 0.4) is 0 Å². The number of amides is 1. The van der Waals surface area contributed by atoms with Gasteiger partial charge in [0.15, 0.2) is 0 Å². The lowest BCUT2D eigenvalue weighted by atomic mass is 10.0. The van der Waals surface area contributed by atoms with E-state index in [9.17, 15) is 4.79 Å². The quantitative estimate of drug-likeness (QED) is 0.556. The van der Waals surface area contributed by atoms with Crippen molar-refractivity contribution in [1.29, 1.82) is 0 Å². The van der Waals surface area contributed by atoms with E-state index in [1.54, 1.807) is 12.1 Å². The van der Waals surface area contributed by atoms with Crippen molar-refractivity contribution < 1.29 is 14.3 Å². The molecule has 0 aliphatic rings. The van der Waals surface area contributed by atoms with Crippen molar-refractivity contribution in [3.05, 3.63) is 40.9 Å². The summed E-state index contributed by atoms with van der Waals surface area (Å²) in [5, 5.41) is 11.7. The largest absolute Gasteiger partial charge is 0.494 e. The number of methoxy groups -OCH3 is 1. The average molecular weight is 434 g/mol. The summed E-state index contributed by atoms with van der Waals surface area (Å²) in [6.45, 7) is 6.44. The van der Waals surface area contributed by atoms with Gasteiger partial charge in [-0.3, -0.25) is 15.1 Å². The van der Waals surface area contributed by atoms with Gasteiger partial charge in [0.25, 0.3) is 11.1 Å². The molecule has 1 amide bonds. The number of nitrogens with one attached hydrogen (secondary N) is 1. The van der Waals surface area contributed by atoms with Crippen molar-refractivity contribution in [2.45, 2.75) is 20.8 Å². The number of pyridine rings is 2. The van der Waals surface area contributed by atoms with Crippen LogP contribution in [-0.2, 0) is 0 Å². The summed E-state index contributed by atoms with van der Waals surface area (Å²) in [7, 11) is 1.53. The predicted octanol–water partition coefficient (Wildman–Crippen LogP) is 4.25. The molecule has 0 saturated heterocycles. The lowest BCUT2D eigenvalue weighted by Gasteiger charge is -2.13. The van der Waals surface area contributed by atoms with E-state index < -0.39 is 0 Å². The smallest absolute Gasteiger partial charge is 0.295 e. The molecular formula is C19H20ClN5O3S. The number of anilines is 1. The first-order valence-electron chi connectivity index (χ1n) is 8.81. The second kappa shape index (κ2) is 9.15. The van der Waals surface area contributed by atoms with Crippen LogP contribution in [0.2, 0.25) is 5.15 Å². The Balaban J connectivity index is 1.90. The molecule has 10 heteroatoms. The number of carbonyl (C=O) groups is 1. The lowest BCUT2D eigenvalue weighted by molar-refractivity contribution is 0.102. The minimum absolute atomic E-state index is 0.290. The molecule has 0 aliphatic carbocycles. The Bertz CT molecular complexity index is 1020.